The molecule has 128 valence electrons. The van der Waals surface area contributed by atoms with E-state index in [1.165, 1.54) is 27.4 Å². The molecule has 2 rings (SSSR count). The van der Waals surface area contributed by atoms with Crippen LogP contribution in [0.25, 0.3) is 6.08 Å². The van der Waals surface area contributed by atoms with E-state index in [1.54, 1.807) is 12.1 Å². The van der Waals surface area contributed by atoms with Crippen molar-refractivity contribution in [2.75, 3.05) is 27.9 Å². The minimum Gasteiger partial charge on any atom is -0.493 e. The molecule has 24 heavy (non-hydrogen) atoms. The van der Waals surface area contributed by atoms with Gasteiger partial charge in [-0.2, -0.15) is 0 Å². The molecule has 9 nitrogen and oxygen atoms in total. The summed E-state index contributed by atoms with van der Waals surface area (Å²) in [6, 6.07) is 2.43. The van der Waals surface area contributed by atoms with Crippen LogP contribution < -0.4 is 19.5 Å². The van der Waals surface area contributed by atoms with Crippen molar-refractivity contribution in [3.8, 4) is 17.2 Å². The van der Waals surface area contributed by atoms with Crippen LogP contribution in [-0.4, -0.2) is 55.8 Å². The number of carbonyl (C=O) groups is 3. The molecule has 3 amide bonds. The summed E-state index contributed by atoms with van der Waals surface area (Å²) in [5.41, 5.74) is 0.391. The third kappa shape index (κ3) is 3.09. The molecular weight excluding hydrogens is 320 g/mol. The molecule has 1 aromatic rings. The Hall–Kier alpha value is -3.23. The van der Waals surface area contributed by atoms with Crippen LogP contribution in [-0.2, 0) is 9.59 Å². The highest BCUT2D eigenvalue weighted by atomic mass is 16.5. The summed E-state index contributed by atoms with van der Waals surface area (Å²) in [5.74, 6) is -0.954. The maximum atomic E-state index is 12.1. The number of benzene rings is 1. The lowest BCUT2D eigenvalue weighted by Gasteiger charge is -2.14. The van der Waals surface area contributed by atoms with E-state index in [9.17, 15) is 14.4 Å². The summed E-state index contributed by atoms with van der Waals surface area (Å²) in [6.07, 6.45) is 1.38. The van der Waals surface area contributed by atoms with E-state index in [-0.39, 0.29) is 5.70 Å². The second-order valence-corrected chi connectivity index (χ2v) is 4.70. The Kier molecular flexibility index (Phi) is 4.93. The lowest BCUT2D eigenvalue weighted by atomic mass is 10.1. The van der Waals surface area contributed by atoms with Crippen molar-refractivity contribution in [3.05, 3.63) is 23.4 Å². The molecule has 0 atom stereocenters. The first kappa shape index (κ1) is 17.1. The number of hydrogen-bond acceptors (Lipinski definition) is 6. The van der Waals surface area contributed by atoms with E-state index < -0.39 is 24.5 Å². The molecule has 1 aliphatic heterocycles. The van der Waals surface area contributed by atoms with Gasteiger partial charge in [0, 0.05) is 5.56 Å². The first-order valence-corrected chi connectivity index (χ1v) is 6.78. The van der Waals surface area contributed by atoms with Crippen LogP contribution in [0.4, 0.5) is 4.79 Å². The molecular formula is C15H16N2O7. The van der Waals surface area contributed by atoms with Gasteiger partial charge in [-0.1, -0.05) is 0 Å². The molecule has 1 heterocycles. The quantitative estimate of drug-likeness (QED) is 0.580. The average molecular weight is 336 g/mol. The van der Waals surface area contributed by atoms with Gasteiger partial charge in [-0.15, -0.1) is 0 Å². The van der Waals surface area contributed by atoms with E-state index in [0.717, 1.165) is 0 Å². The first-order chi connectivity index (χ1) is 11.4. The van der Waals surface area contributed by atoms with Crippen LogP contribution in [0.5, 0.6) is 17.2 Å². The third-order valence-electron chi connectivity index (χ3n) is 3.29. The molecule has 1 aromatic carbocycles. The number of urea groups is 1. The number of amides is 3. The van der Waals surface area contributed by atoms with Crippen LogP contribution in [0, 0.1) is 0 Å². The summed E-state index contributed by atoms with van der Waals surface area (Å²) >= 11 is 0. The Morgan fingerprint density at radius 3 is 2.38 bits per heavy atom. The van der Waals surface area contributed by atoms with Crippen LogP contribution in [0.3, 0.4) is 0 Å². The van der Waals surface area contributed by atoms with Crippen molar-refractivity contribution in [1.82, 2.24) is 10.2 Å². The van der Waals surface area contributed by atoms with Gasteiger partial charge >= 0.3 is 12.0 Å². The lowest BCUT2D eigenvalue weighted by molar-refractivity contribution is -0.140. The van der Waals surface area contributed by atoms with Gasteiger partial charge < -0.3 is 24.6 Å². The van der Waals surface area contributed by atoms with Crippen LogP contribution in [0.1, 0.15) is 5.56 Å². The summed E-state index contributed by atoms with van der Waals surface area (Å²) in [5, 5.41) is 11.1. The molecule has 0 radical (unpaired) electrons. The molecule has 0 unspecified atom stereocenters. The number of aliphatic carboxylic acids is 1. The summed E-state index contributed by atoms with van der Waals surface area (Å²) in [7, 11) is 4.33. The molecule has 0 spiro atoms. The van der Waals surface area contributed by atoms with Gasteiger partial charge in [-0.05, 0) is 18.2 Å². The Balaban J connectivity index is 2.43. The standard InChI is InChI=1S/C15H16N2O7/c1-22-10-5-4-8(12(23-2)13(10)24-3)6-9-14(20)17(7-11(18)19)15(21)16-9/h4-6H,7H2,1-3H3,(H,16,21)(H,18,19)/b9-6+. The summed E-state index contributed by atoms with van der Waals surface area (Å²) in [4.78, 5) is 35.2. The van der Waals surface area contributed by atoms with Gasteiger partial charge in [0.1, 0.15) is 12.2 Å². The SMILES string of the molecule is COc1ccc(/C=C2/NC(=O)N(CC(=O)O)C2=O)c(OC)c1OC. The van der Waals surface area contributed by atoms with Crippen LogP contribution in [0.15, 0.2) is 17.8 Å². The van der Waals surface area contributed by atoms with E-state index in [2.05, 4.69) is 5.32 Å². The number of carboxylic acids is 1. The maximum Gasteiger partial charge on any atom is 0.329 e. The van der Waals surface area contributed by atoms with Crippen LogP contribution in [0.2, 0.25) is 0 Å². The fourth-order valence-electron chi connectivity index (χ4n) is 2.24. The molecule has 2 N–H and O–H groups in total. The smallest absolute Gasteiger partial charge is 0.329 e. The predicted octanol–water partition coefficient (Wildman–Crippen LogP) is 0.690. The van der Waals surface area contributed by atoms with E-state index in [0.29, 0.717) is 27.7 Å². The molecule has 1 fully saturated rings. The second-order valence-electron chi connectivity index (χ2n) is 4.70. The number of methoxy groups -OCH3 is 3. The van der Waals surface area contributed by atoms with Gasteiger partial charge in [0.2, 0.25) is 5.75 Å². The first-order valence-electron chi connectivity index (χ1n) is 6.78. The van der Waals surface area contributed by atoms with Gasteiger partial charge in [0.15, 0.2) is 11.5 Å². The highest BCUT2D eigenvalue weighted by Gasteiger charge is 2.35. The summed E-state index contributed by atoms with van der Waals surface area (Å²) < 4.78 is 15.7. The topological polar surface area (TPSA) is 114 Å². The number of rotatable bonds is 6. The number of imide groups is 1. The Morgan fingerprint density at radius 2 is 1.83 bits per heavy atom. The van der Waals surface area contributed by atoms with Gasteiger partial charge in [0.05, 0.1) is 21.3 Å². The minimum absolute atomic E-state index is 0.0632. The van der Waals surface area contributed by atoms with Crippen molar-refractivity contribution in [2.24, 2.45) is 0 Å². The van der Waals surface area contributed by atoms with Crippen LogP contribution >= 0.6 is 0 Å². The van der Waals surface area contributed by atoms with Crippen molar-refractivity contribution >= 4 is 24.0 Å². The lowest BCUT2D eigenvalue weighted by Crippen LogP contribution is -2.35. The normalized spacial score (nSPS) is 15.5. The van der Waals surface area contributed by atoms with E-state index in [1.807, 2.05) is 0 Å². The second kappa shape index (κ2) is 6.90. The zero-order valence-electron chi connectivity index (χ0n) is 13.3. The molecule has 0 saturated carbocycles. The zero-order valence-corrected chi connectivity index (χ0v) is 13.3. The van der Waals surface area contributed by atoms with Gasteiger partial charge in [-0.3, -0.25) is 9.59 Å². The summed E-state index contributed by atoms with van der Waals surface area (Å²) in [6.45, 7) is -0.717. The fraction of sp³-hybridized carbons (Fsp3) is 0.267. The number of nitrogens with zero attached hydrogens (tertiary/aromatic N) is 1. The predicted molar refractivity (Wildman–Crippen MR) is 82.0 cm³/mol. The number of nitrogens with one attached hydrogen (secondary N) is 1. The number of carbonyl (C=O) groups excluding carboxylic acids is 2. The third-order valence-corrected chi connectivity index (χ3v) is 3.29. The molecule has 0 aliphatic carbocycles. The molecule has 0 aromatic heterocycles. The Labute approximate surface area is 137 Å². The van der Waals surface area contributed by atoms with Crippen molar-refractivity contribution in [2.45, 2.75) is 0 Å². The molecule has 9 heteroatoms. The maximum absolute atomic E-state index is 12.1. The van der Waals surface area contributed by atoms with Crippen molar-refractivity contribution in [3.63, 3.8) is 0 Å². The number of hydrogen-bond donors (Lipinski definition) is 2. The van der Waals surface area contributed by atoms with Gasteiger partial charge in [-0.25, -0.2) is 9.69 Å². The largest absolute Gasteiger partial charge is 0.493 e. The van der Waals surface area contributed by atoms with Gasteiger partial charge in [0.25, 0.3) is 5.91 Å². The Morgan fingerprint density at radius 1 is 1.17 bits per heavy atom. The molecule has 1 saturated heterocycles. The zero-order chi connectivity index (χ0) is 17.9. The van der Waals surface area contributed by atoms with Crippen molar-refractivity contribution < 1.29 is 33.7 Å². The highest BCUT2D eigenvalue weighted by Crippen LogP contribution is 2.40. The Bertz CT molecular complexity index is 727. The number of ether oxygens (including phenoxy) is 3. The average Bonchev–Trinajstić information content (AvgIpc) is 2.81. The fourth-order valence-corrected chi connectivity index (χ4v) is 2.24. The highest BCUT2D eigenvalue weighted by molar-refractivity contribution is 6.15. The molecule has 0 bridgehead atoms. The van der Waals surface area contributed by atoms with Crippen molar-refractivity contribution in [1.29, 1.82) is 0 Å². The number of carboxylic acid groups (broad SMARTS) is 1. The van der Waals surface area contributed by atoms with E-state index in [4.69, 9.17) is 19.3 Å². The molecule has 1 aliphatic rings. The minimum atomic E-state index is -1.29. The van der Waals surface area contributed by atoms with E-state index >= 15 is 0 Å². The monoisotopic (exact) mass is 336 g/mol.